The van der Waals surface area contributed by atoms with Gasteiger partial charge in [0.05, 0.1) is 10.2 Å². The van der Waals surface area contributed by atoms with E-state index in [0.29, 0.717) is 0 Å². The van der Waals surface area contributed by atoms with E-state index in [4.69, 9.17) is 16.3 Å². The molecule has 0 saturated heterocycles. The van der Waals surface area contributed by atoms with Gasteiger partial charge in [-0.25, -0.2) is 0 Å². The minimum atomic E-state index is 0.762. The van der Waals surface area contributed by atoms with Gasteiger partial charge in [0.25, 0.3) is 0 Å². The summed E-state index contributed by atoms with van der Waals surface area (Å²) in [6, 6.07) is 3.84. The largest absolute Gasteiger partial charge is 0.492 e. The second kappa shape index (κ2) is 5.05. The highest BCUT2D eigenvalue weighted by Gasteiger charge is 2.05. The molecular weight excluding hydrogens is 298 g/mol. The lowest BCUT2D eigenvalue weighted by Crippen LogP contribution is -1.98. The Kier molecular flexibility index (Phi) is 4.32. The van der Waals surface area contributed by atoms with Crippen LogP contribution in [0.1, 0.15) is 18.9 Å². The van der Waals surface area contributed by atoms with Gasteiger partial charge in [0.15, 0.2) is 0 Å². The van der Waals surface area contributed by atoms with Gasteiger partial charge in [0.1, 0.15) is 5.75 Å². The van der Waals surface area contributed by atoms with Crippen molar-refractivity contribution < 1.29 is 4.74 Å². The van der Waals surface area contributed by atoms with Crippen molar-refractivity contribution in [1.82, 2.24) is 0 Å². The lowest BCUT2D eigenvalue weighted by atomic mass is 10.2. The Morgan fingerprint density at radius 2 is 2.15 bits per heavy atom. The van der Waals surface area contributed by atoms with Gasteiger partial charge in [-0.1, -0.05) is 18.5 Å². The zero-order valence-corrected chi connectivity index (χ0v) is 10.6. The van der Waals surface area contributed by atoms with E-state index in [1.54, 1.807) is 0 Å². The molecule has 1 aromatic carbocycles. The number of aryl methyl sites for hydroxylation is 1. The number of ether oxygens (including phenoxy) is 1. The molecule has 13 heavy (non-hydrogen) atoms. The van der Waals surface area contributed by atoms with Crippen LogP contribution in [0.15, 0.2) is 12.1 Å². The number of hydrogen-bond donors (Lipinski definition) is 0. The smallest absolute Gasteiger partial charge is 0.135 e. The Hall–Kier alpha value is 0.0400. The van der Waals surface area contributed by atoms with E-state index < -0.39 is 0 Å². The van der Waals surface area contributed by atoms with Crippen LogP contribution < -0.4 is 4.74 Å². The zero-order valence-electron chi connectivity index (χ0n) is 7.73. The lowest BCUT2D eigenvalue weighted by Gasteiger charge is -2.10. The van der Waals surface area contributed by atoms with E-state index in [0.717, 1.165) is 32.9 Å². The Morgan fingerprint density at radius 3 is 2.69 bits per heavy atom. The molecule has 3 heteroatoms. The number of halogens is 2. The van der Waals surface area contributed by atoms with Crippen molar-refractivity contribution in [1.29, 1.82) is 0 Å². The Morgan fingerprint density at radius 1 is 1.46 bits per heavy atom. The van der Waals surface area contributed by atoms with Crippen molar-refractivity contribution in [3.8, 4) is 5.75 Å². The van der Waals surface area contributed by atoms with Crippen LogP contribution in [0, 0.1) is 10.5 Å². The highest BCUT2D eigenvalue weighted by molar-refractivity contribution is 14.1. The molecule has 0 N–H and O–H groups in total. The SMILES string of the molecule is CCCOc1c(C)cc(Cl)cc1I. The van der Waals surface area contributed by atoms with Crippen LogP contribution in [0.5, 0.6) is 5.75 Å². The van der Waals surface area contributed by atoms with Gasteiger partial charge < -0.3 is 4.74 Å². The second-order valence-electron chi connectivity index (χ2n) is 2.88. The molecule has 0 radical (unpaired) electrons. The molecule has 72 valence electrons. The Balaban J connectivity index is 2.92. The van der Waals surface area contributed by atoms with Crippen LogP contribution in [-0.2, 0) is 0 Å². The third-order valence-corrected chi connectivity index (χ3v) is 2.66. The average molecular weight is 311 g/mol. The molecular formula is C10H12ClIO. The van der Waals surface area contributed by atoms with Crippen molar-refractivity contribution in [2.75, 3.05) is 6.61 Å². The van der Waals surface area contributed by atoms with E-state index in [9.17, 15) is 0 Å². The van der Waals surface area contributed by atoms with Crippen LogP contribution in [0.3, 0.4) is 0 Å². The van der Waals surface area contributed by atoms with E-state index in [1.165, 1.54) is 0 Å². The summed E-state index contributed by atoms with van der Waals surface area (Å²) in [5.41, 5.74) is 1.10. The van der Waals surface area contributed by atoms with E-state index >= 15 is 0 Å². The molecule has 0 saturated carbocycles. The van der Waals surface area contributed by atoms with E-state index in [-0.39, 0.29) is 0 Å². The minimum Gasteiger partial charge on any atom is -0.492 e. The van der Waals surface area contributed by atoms with Crippen LogP contribution in [0.2, 0.25) is 5.02 Å². The van der Waals surface area contributed by atoms with E-state index in [1.807, 2.05) is 19.1 Å². The first kappa shape index (κ1) is 11.1. The van der Waals surface area contributed by atoms with Gasteiger partial charge >= 0.3 is 0 Å². The average Bonchev–Trinajstić information content (AvgIpc) is 2.02. The molecule has 1 aromatic rings. The molecule has 0 aromatic heterocycles. The van der Waals surface area contributed by atoms with Gasteiger partial charge in [0, 0.05) is 5.02 Å². The van der Waals surface area contributed by atoms with Crippen molar-refractivity contribution >= 4 is 34.2 Å². The summed E-state index contributed by atoms with van der Waals surface area (Å²) in [5, 5.41) is 0.769. The molecule has 1 rings (SSSR count). The highest BCUT2D eigenvalue weighted by Crippen LogP contribution is 2.28. The van der Waals surface area contributed by atoms with Gasteiger partial charge in [-0.05, 0) is 53.6 Å². The first-order chi connectivity index (χ1) is 6.15. The molecule has 0 bridgehead atoms. The molecule has 0 aliphatic carbocycles. The van der Waals surface area contributed by atoms with Crippen LogP contribution in [0.4, 0.5) is 0 Å². The van der Waals surface area contributed by atoms with Gasteiger partial charge in [-0.2, -0.15) is 0 Å². The number of rotatable bonds is 3. The quantitative estimate of drug-likeness (QED) is 0.766. The first-order valence-electron chi connectivity index (χ1n) is 4.23. The molecule has 0 unspecified atom stereocenters. The maximum Gasteiger partial charge on any atom is 0.135 e. The Labute approximate surface area is 97.6 Å². The molecule has 0 spiro atoms. The molecule has 1 nitrogen and oxygen atoms in total. The summed E-state index contributed by atoms with van der Waals surface area (Å²) in [5.74, 6) is 0.965. The predicted molar refractivity (Wildman–Crippen MR) is 64.7 cm³/mol. The zero-order chi connectivity index (χ0) is 9.84. The maximum atomic E-state index is 5.90. The first-order valence-corrected chi connectivity index (χ1v) is 5.69. The van der Waals surface area contributed by atoms with Crippen molar-refractivity contribution in [3.05, 3.63) is 26.3 Å². The normalized spacial score (nSPS) is 10.2. The summed E-state index contributed by atoms with van der Waals surface area (Å²) in [7, 11) is 0. The molecule has 0 aliphatic rings. The number of hydrogen-bond acceptors (Lipinski definition) is 1. The molecule has 0 heterocycles. The van der Waals surface area contributed by atoms with Gasteiger partial charge in [-0.15, -0.1) is 0 Å². The molecule has 0 aliphatic heterocycles. The topological polar surface area (TPSA) is 9.23 Å². The lowest BCUT2D eigenvalue weighted by molar-refractivity contribution is 0.313. The fourth-order valence-electron chi connectivity index (χ4n) is 1.08. The monoisotopic (exact) mass is 310 g/mol. The fraction of sp³-hybridized carbons (Fsp3) is 0.400. The fourth-order valence-corrected chi connectivity index (χ4v) is 2.45. The van der Waals surface area contributed by atoms with Crippen LogP contribution in [0.25, 0.3) is 0 Å². The summed E-state index contributed by atoms with van der Waals surface area (Å²) >= 11 is 8.14. The van der Waals surface area contributed by atoms with Crippen LogP contribution in [-0.4, -0.2) is 6.61 Å². The molecule has 0 atom stereocenters. The summed E-state index contributed by atoms with van der Waals surface area (Å²) < 4.78 is 6.69. The van der Waals surface area contributed by atoms with Gasteiger partial charge in [-0.3, -0.25) is 0 Å². The summed E-state index contributed by atoms with van der Waals surface area (Å²) in [6.45, 7) is 4.87. The predicted octanol–water partition coefficient (Wildman–Crippen LogP) is 4.04. The minimum absolute atomic E-state index is 0.762. The summed E-state index contributed by atoms with van der Waals surface area (Å²) in [6.07, 6.45) is 1.03. The van der Waals surface area contributed by atoms with Crippen molar-refractivity contribution in [3.63, 3.8) is 0 Å². The third-order valence-electron chi connectivity index (χ3n) is 1.64. The van der Waals surface area contributed by atoms with Crippen molar-refractivity contribution in [2.45, 2.75) is 20.3 Å². The number of benzene rings is 1. The standard InChI is InChI=1S/C10H12ClIO/c1-3-4-13-10-7(2)5-8(11)6-9(10)12/h5-6H,3-4H2,1-2H3. The van der Waals surface area contributed by atoms with E-state index in [2.05, 4.69) is 29.5 Å². The highest BCUT2D eigenvalue weighted by atomic mass is 127. The van der Waals surface area contributed by atoms with Gasteiger partial charge in [0.2, 0.25) is 0 Å². The molecule has 0 amide bonds. The molecule has 0 fully saturated rings. The Bertz CT molecular complexity index is 276. The van der Waals surface area contributed by atoms with Crippen molar-refractivity contribution in [2.24, 2.45) is 0 Å². The maximum absolute atomic E-state index is 5.90. The summed E-state index contributed by atoms with van der Waals surface area (Å²) in [4.78, 5) is 0. The third kappa shape index (κ3) is 3.02. The van der Waals surface area contributed by atoms with Crippen LogP contribution >= 0.6 is 34.2 Å². The second-order valence-corrected chi connectivity index (χ2v) is 4.48.